The molecule has 2 saturated heterocycles. The van der Waals surface area contributed by atoms with E-state index < -0.39 is 139 Å². The van der Waals surface area contributed by atoms with E-state index >= 15 is 4.57 Å². The predicted molar refractivity (Wildman–Crippen MR) is 274 cm³/mol. The van der Waals surface area contributed by atoms with Crippen molar-refractivity contribution >= 4 is 76.5 Å². The van der Waals surface area contributed by atoms with Crippen LogP contribution in [0.3, 0.4) is 0 Å². The quantitative estimate of drug-likeness (QED) is 0.0218. The highest BCUT2D eigenvalue weighted by Crippen LogP contribution is 2.55. The van der Waals surface area contributed by atoms with Crippen LogP contribution in [0.4, 0.5) is 16.7 Å². The summed E-state index contributed by atoms with van der Waals surface area (Å²) < 4.78 is 79.3. The molecule has 0 aliphatic carbocycles. The number of anilines is 2. The van der Waals surface area contributed by atoms with Crippen LogP contribution in [-0.4, -0.2) is 138 Å². The number of carbonyl (C=O) groups is 3. The minimum atomic E-state index is -5.09. The van der Waals surface area contributed by atoms with E-state index in [9.17, 15) is 38.5 Å². The molecule has 7 rings (SSSR count). The fourth-order valence-corrected chi connectivity index (χ4v) is 10.9. The number of hydrogen-bond acceptors (Lipinski definition) is 20. The lowest BCUT2D eigenvalue weighted by Crippen LogP contribution is -2.49. The van der Waals surface area contributed by atoms with Crippen LogP contribution in [0.1, 0.15) is 66.5 Å². The summed E-state index contributed by atoms with van der Waals surface area (Å²) in [6.45, 7) is 20.8. The van der Waals surface area contributed by atoms with Crippen molar-refractivity contribution < 1.29 is 70.2 Å². The van der Waals surface area contributed by atoms with E-state index in [1.165, 1.54) is 15.5 Å². The first-order valence-electron chi connectivity index (χ1n) is 24.2. The zero-order chi connectivity index (χ0) is 56.1. The Morgan fingerprint density at radius 2 is 1.44 bits per heavy atom. The van der Waals surface area contributed by atoms with Gasteiger partial charge in [0, 0.05) is 16.4 Å². The van der Waals surface area contributed by atoms with Crippen molar-refractivity contribution in [1.29, 1.82) is 0 Å². The number of hydrogen-bond donors (Lipinski definition) is 7. The minimum Gasteiger partial charge on any atom is -0.445 e. The van der Waals surface area contributed by atoms with Gasteiger partial charge in [0.05, 0.1) is 25.9 Å². The third kappa shape index (κ3) is 13.6. The van der Waals surface area contributed by atoms with Crippen molar-refractivity contribution in [2.24, 2.45) is 11.8 Å². The van der Waals surface area contributed by atoms with Crippen LogP contribution in [0, 0.1) is 18.4 Å². The molecular formula is C45H61N12O17P2Si+. The smallest absolute Gasteiger partial charge is 0.445 e. The molecule has 2 unspecified atom stereocenters. The molecule has 6 heterocycles. The maximum absolute atomic E-state index is 15.3. The van der Waals surface area contributed by atoms with E-state index in [0.717, 1.165) is 6.33 Å². The van der Waals surface area contributed by atoms with E-state index in [4.69, 9.17) is 43.3 Å². The van der Waals surface area contributed by atoms with Crippen molar-refractivity contribution in [2.45, 2.75) is 122 Å². The zero-order valence-electron chi connectivity index (χ0n) is 43.4. The number of aromatic nitrogens is 8. The molecule has 7 N–H and O–H groups in total. The Balaban J connectivity index is 1.26. The number of aliphatic hydroxyl groups excluding tert-OH is 1. The first-order chi connectivity index (χ1) is 36.3. The molecule has 0 radical (unpaired) electrons. The summed E-state index contributed by atoms with van der Waals surface area (Å²) in [6.07, 6.45) is -9.10. The second kappa shape index (κ2) is 24.2. The summed E-state index contributed by atoms with van der Waals surface area (Å²) in [4.78, 5) is 101. The summed E-state index contributed by atoms with van der Waals surface area (Å²) >= 11 is 0. The maximum atomic E-state index is 15.3. The van der Waals surface area contributed by atoms with Gasteiger partial charge in [0.2, 0.25) is 30.3 Å². The van der Waals surface area contributed by atoms with Crippen molar-refractivity contribution in [1.82, 2.24) is 44.4 Å². The Kier molecular flexibility index (Phi) is 18.4. The third-order valence-electron chi connectivity index (χ3n) is 12.8. The number of aliphatic hydroxyl groups is 1. The molecule has 416 valence electrons. The lowest BCUT2D eigenvalue weighted by molar-refractivity contribution is -0.119. The molecule has 32 heteroatoms. The number of phosphoric ester groups is 1. The summed E-state index contributed by atoms with van der Waals surface area (Å²) in [5.41, 5.74) is -1.52. The first kappa shape index (κ1) is 58.5. The molecule has 3 amide bonds. The average molecular weight is 1130 g/mol. The van der Waals surface area contributed by atoms with Gasteiger partial charge in [0.25, 0.3) is 11.1 Å². The highest BCUT2D eigenvalue weighted by molar-refractivity contribution is 7.48. The Morgan fingerprint density at radius 1 is 0.883 bits per heavy atom. The van der Waals surface area contributed by atoms with Crippen LogP contribution in [0.2, 0.25) is 18.1 Å². The van der Waals surface area contributed by atoms with Gasteiger partial charge in [0.15, 0.2) is 49.2 Å². The Bertz CT molecular complexity index is 3180. The van der Waals surface area contributed by atoms with E-state index in [1.54, 1.807) is 58.0 Å². The number of phosphoric acid groups is 1. The largest absolute Gasteiger partial charge is 0.695 e. The first-order valence-corrected chi connectivity index (χ1v) is 29.7. The third-order valence-corrected chi connectivity index (χ3v) is 19.2. The Morgan fingerprint density at radius 3 is 1.96 bits per heavy atom. The second-order valence-corrected chi connectivity index (χ2v) is 27.1. The molecule has 4 aromatic heterocycles. The van der Waals surface area contributed by atoms with Crippen molar-refractivity contribution in [2.75, 3.05) is 37.0 Å². The van der Waals surface area contributed by atoms with Gasteiger partial charge in [-0.25, -0.2) is 25.9 Å². The van der Waals surface area contributed by atoms with Crippen LogP contribution in [-0.2, 0) is 62.1 Å². The van der Waals surface area contributed by atoms with Crippen molar-refractivity contribution in [3.05, 3.63) is 80.7 Å². The van der Waals surface area contributed by atoms with E-state index in [1.807, 2.05) is 33.9 Å². The second-order valence-electron chi connectivity index (χ2n) is 20.0. The van der Waals surface area contributed by atoms with Gasteiger partial charge in [-0.2, -0.15) is 9.97 Å². The number of H-pyrrole nitrogens is 2. The molecular weight excluding hydrogens is 1070 g/mol. The number of ether oxygens (including phenoxy) is 3. The van der Waals surface area contributed by atoms with Gasteiger partial charge in [-0.1, -0.05) is 78.8 Å². The average Bonchev–Trinajstić information content (AvgIpc) is 4.20. The fraction of sp³-hybridized carbons (Fsp3) is 0.556. The van der Waals surface area contributed by atoms with Crippen molar-refractivity contribution in [3.8, 4) is 0 Å². The lowest BCUT2D eigenvalue weighted by atomic mass is 10.1. The summed E-state index contributed by atoms with van der Waals surface area (Å²) in [7, 11) is -11.5. The zero-order valence-corrected chi connectivity index (χ0v) is 46.2. The molecule has 0 saturated carbocycles. The molecule has 0 bridgehead atoms. The number of alkyl carbamates (subject to hydrolysis) is 1. The highest BCUT2D eigenvalue weighted by atomic mass is 31.2. The summed E-state index contributed by atoms with van der Waals surface area (Å²) in [5.74, 6) is -2.40. The fourth-order valence-electron chi connectivity index (χ4n) is 7.72. The standard InChI is InChI=1S/C45H60N12O17P2Si/c1-23(2)36(59)52-42-50-34-29(38(61)54-42)47-21-56(34)40-28(49-44(63)67-19-25-14-12-11-13-15-25)31(72-75(64)65)27(71-40)20-69-76(66,68-17-16-46-8)73-32-26(18-58)70-41(33(32)74-77(9,10)45(5,6)7)57-22-48-30-35(57)51-43(55-39(30)62)53-37(60)24(3)4/h11-15,21-24,26-28,31-33,40-41,58H,16-20H2,1-7,9-10H3,(H5-,49,50,51,52,53,54,55,59,60,61,62,63,64,65)/p+1/t26-,27-,28-,31-,32-,33-,40-,41-,76?/m1/s1. The molecule has 1 aromatic carbocycles. The Hall–Kier alpha value is -6.19. The number of nitrogens with one attached hydrogen (secondary N) is 5. The molecule has 2 aliphatic rings. The van der Waals surface area contributed by atoms with Crippen LogP contribution >= 0.6 is 16.1 Å². The number of benzene rings is 1. The monoisotopic (exact) mass is 1130 g/mol. The summed E-state index contributed by atoms with van der Waals surface area (Å²) in [5, 5.41) is 18.1. The summed E-state index contributed by atoms with van der Waals surface area (Å²) in [6, 6.07) is 7.11. The van der Waals surface area contributed by atoms with Gasteiger partial charge in [0.1, 0.15) is 43.7 Å². The minimum absolute atomic E-state index is 0.0676. The van der Waals surface area contributed by atoms with Gasteiger partial charge in [-0.3, -0.25) is 62.5 Å². The number of fused-ring (bicyclic) bond motifs is 2. The van der Waals surface area contributed by atoms with Crippen molar-refractivity contribution in [3.63, 3.8) is 0 Å². The number of nitrogens with zero attached hydrogens (tertiary/aromatic N) is 7. The lowest BCUT2D eigenvalue weighted by Gasteiger charge is -2.40. The van der Waals surface area contributed by atoms with Crippen LogP contribution < -0.4 is 27.1 Å². The topological polar surface area (TPSA) is 367 Å². The predicted octanol–water partition coefficient (Wildman–Crippen LogP) is 4.39. The van der Waals surface area contributed by atoms with Gasteiger partial charge in [-0.05, 0) is 23.7 Å². The molecule has 10 atom stereocenters. The molecule has 2 fully saturated rings. The molecule has 29 nitrogen and oxygen atoms in total. The van der Waals surface area contributed by atoms with Gasteiger partial charge in [-0.15, -0.1) is 9.42 Å². The van der Waals surface area contributed by atoms with E-state index in [2.05, 4.69) is 50.7 Å². The van der Waals surface area contributed by atoms with Gasteiger partial charge < -0.3 is 33.9 Å². The SMILES string of the molecule is [C-]#[N+]CCOP(=O)(OC[C@H]1O[C@@H](n2cnc3c(=O)[nH]c(NC(=O)C(C)C)nc32)[C@H](NC(=O)OCc2ccccc2)[C@@H]1O[P+](=O)O)O[C@H]1[C@@H](O[Si](C)(C)C(C)(C)C)[C@H](n2cnc3c(=O)[nH]c(NC(=O)C(C)C)nc32)O[C@@H]1CO. The Labute approximate surface area is 441 Å². The van der Waals surface area contributed by atoms with Crippen LogP contribution in [0.25, 0.3) is 27.2 Å². The van der Waals surface area contributed by atoms with Crippen LogP contribution in [0.15, 0.2) is 52.6 Å². The number of imidazole rings is 2. The molecule has 77 heavy (non-hydrogen) atoms. The molecule has 5 aromatic rings. The number of amides is 3. The molecule has 0 spiro atoms. The molecule has 2 aliphatic heterocycles. The number of carbonyl (C=O) groups excluding carboxylic acids is 3. The maximum Gasteiger partial charge on any atom is 0.695 e. The van der Waals surface area contributed by atoms with Crippen LogP contribution in [0.5, 0.6) is 0 Å². The number of aromatic amines is 2. The normalized spacial score (nSPS) is 22.8. The van der Waals surface area contributed by atoms with Gasteiger partial charge >= 0.3 is 22.2 Å². The number of rotatable bonds is 22. The highest BCUT2D eigenvalue weighted by Gasteiger charge is 2.56. The van der Waals surface area contributed by atoms with E-state index in [0.29, 0.717) is 5.56 Å². The van der Waals surface area contributed by atoms with E-state index in [-0.39, 0.29) is 47.4 Å².